The van der Waals surface area contributed by atoms with Crippen LogP contribution in [0.3, 0.4) is 0 Å². The number of hydrogen-bond donors (Lipinski definition) is 1. The van der Waals surface area contributed by atoms with Crippen molar-refractivity contribution in [3.8, 4) is 0 Å². The van der Waals surface area contributed by atoms with E-state index in [0.29, 0.717) is 11.3 Å². The normalized spacial score (nSPS) is 21.8. The Hall–Kier alpha value is -2.07. The number of nitrogens with zero attached hydrogens (tertiary/aromatic N) is 2. The van der Waals surface area contributed by atoms with Crippen LogP contribution in [0.25, 0.3) is 0 Å². The fourth-order valence-corrected chi connectivity index (χ4v) is 3.80. The molecule has 1 saturated carbocycles. The molecule has 1 aliphatic carbocycles. The van der Waals surface area contributed by atoms with Gasteiger partial charge < -0.3 is 15.5 Å². The molecular formula is C19H25N3O. The number of carbonyl (C=O) groups is 1. The maximum absolute atomic E-state index is 12.8. The van der Waals surface area contributed by atoms with Crippen LogP contribution in [0.1, 0.15) is 29.6 Å². The minimum absolute atomic E-state index is 0.111. The second-order valence-electron chi connectivity index (χ2n) is 6.61. The minimum atomic E-state index is 0.111. The zero-order chi connectivity index (χ0) is 16.4. The lowest BCUT2D eigenvalue weighted by Crippen LogP contribution is -2.40. The van der Waals surface area contributed by atoms with Crippen molar-refractivity contribution in [3.63, 3.8) is 0 Å². The summed E-state index contributed by atoms with van der Waals surface area (Å²) in [6.07, 6.45) is 6.79. The lowest BCUT2D eigenvalue weighted by molar-refractivity contribution is 0.0669. The van der Waals surface area contributed by atoms with E-state index in [4.69, 9.17) is 5.73 Å². The van der Waals surface area contributed by atoms with E-state index in [0.717, 1.165) is 43.7 Å². The number of anilines is 1. The van der Waals surface area contributed by atoms with E-state index in [1.807, 2.05) is 29.2 Å². The highest BCUT2D eigenvalue weighted by atomic mass is 16.2. The highest BCUT2D eigenvalue weighted by molar-refractivity contribution is 5.95. The molecule has 3 rings (SSSR count). The molecule has 1 aliphatic heterocycles. The molecule has 0 aromatic heterocycles. The summed E-state index contributed by atoms with van der Waals surface area (Å²) in [7, 11) is 0. The molecule has 4 nitrogen and oxygen atoms in total. The van der Waals surface area contributed by atoms with Crippen molar-refractivity contribution >= 4 is 11.6 Å². The molecule has 2 aliphatic rings. The number of carbonyl (C=O) groups excluding carboxylic acids is 1. The third-order valence-corrected chi connectivity index (χ3v) is 5.47. The van der Waals surface area contributed by atoms with Gasteiger partial charge >= 0.3 is 0 Å². The third kappa shape index (κ3) is 2.91. The zero-order valence-corrected chi connectivity index (χ0v) is 13.6. The number of piperidine rings is 1. The van der Waals surface area contributed by atoms with Crippen LogP contribution in [-0.4, -0.2) is 30.4 Å². The molecule has 1 saturated heterocycles. The second kappa shape index (κ2) is 6.20. The summed E-state index contributed by atoms with van der Waals surface area (Å²) in [6, 6.07) is 7.62. The van der Waals surface area contributed by atoms with Crippen LogP contribution in [0.15, 0.2) is 49.8 Å². The highest BCUT2D eigenvalue weighted by Crippen LogP contribution is 2.58. The monoisotopic (exact) mass is 311 g/mol. The van der Waals surface area contributed by atoms with Gasteiger partial charge in [0.1, 0.15) is 0 Å². The maximum Gasteiger partial charge on any atom is 0.253 e. The standard InChI is InChI=1S/C19H25N3O/c1-3-21(4-2)17-7-5-6-15(12-17)18(23)22-10-8-19(9-11-22)13-16(19)14-20/h3-7,12,16H,1-2,8-11,13-14,20H2. The van der Waals surface area contributed by atoms with Gasteiger partial charge in [0, 0.05) is 36.7 Å². The molecule has 0 bridgehead atoms. The topological polar surface area (TPSA) is 49.6 Å². The first kappa shape index (κ1) is 15.8. The van der Waals surface area contributed by atoms with E-state index < -0.39 is 0 Å². The minimum Gasteiger partial charge on any atom is -0.339 e. The van der Waals surface area contributed by atoms with Crippen LogP contribution in [0.4, 0.5) is 5.69 Å². The molecule has 23 heavy (non-hydrogen) atoms. The van der Waals surface area contributed by atoms with E-state index in [9.17, 15) is 4.79 Å². The molecule has 2 N–H and O–H groups in total. The van der Waals surface area contributed by atoms with Crippen LogP contribution in [-0.2, 0) is 0 Å². The number of rotatable bonds is 5. The first-order valence-corrected chi connectivity index (χ1v) is 8.26. The lowest BCUT2D eigenvalue weighted by atomic mass is 9.90. The molecule has 1 aromatic carbocycles. The summed E-state index contributed by atoms with van der Waals surface area (Å²) in [4.78, 5) is 16.5. The molecule has 122 valence electrons. The fourth-order valence-electron chi connectivity index (χ4n) is 3.80. The van der Waals surface area contributed by atoms with Crippen LogP contribution >= 0.6 is 0 Å². The molecule has 1 aromatic rings. The van der Waals surface area contributed by atoms with Gasteiger partial charge in [0.15, 0.2) is 0 Å². The highest BCUT2D eigenvalue weighted by Gasteiger charge is 2.54. The first-order valence-electron chi connectivity index (χ1n) is 8.26. The molecule has 2 fully saturated rings. The van der Waals surface area contributed by atoms with Gasteiger partial charge in [0.2, 0.25) is 0 Å². The van der Waals surface area contributed by atoms with Gasteiger partial charge in [0.25, 0.3) is 5.91 Å². The average molecular weight is 311 g/mol. The van der Waals surface area contributed by atoms with Gasteiger partial charge in [-0.05, 0) is 55.3 Å². The van der Waals surface area contributed by atoms with Gasteiger partial charge in [-0.2, -0.15) is 0 Å². The molecule has 1 spiro atoms. The quantitative estimate of drug-likeness (QED) is 0.909. The molecule has 1 unspecified atom stereocenters. The van der Waals surface area contributed by atoms with Crippen LogP contribution in [0.5, 0.6) is 0 Å². The molecule has 0 radical (unpaired) electrons. The smallest absolute Gasteiger partial charge is 0.253 e. The summed E-state index contributed by atoms with van der Waals surface area (Å²) in [5.41, 5.74) is 7.86. The van der Waals surface area contributed by atoms with Gasteiger partial charge in [-0.3, -0.25) is 4.79 Å². The molecular weight excluding hydrogens is 286 g/mol. The third-order valence-electron chi connectivity index (χ3n) is 5.47. The summed E-state index contributed by atoms with van der Waals surface area (Å²) in [5, 5.41) is 0. The van der Waals surface area contributed by atoms with Crippen molar-refractivity contribution < 1.29 is 4.79 Å². The van der Waals surface area contributed by atoms with Crippen LogP contribution < -0.4 is 10.6 Å². The number of hydrogen-bond acceptors (Lipinski definition) is 3. The predicted octanol–water partition coefficient (Wildman–Crippen LogP) is 2.98. The molecule has 4 heteroatoms. The van der Waals surface area contributed by atoms with Gasteiger partial charge in [-0.1, -0.05) is 19.2 Å². The summed E-state index contributed by atoms with van der Waals surface area (Å²) < 4.78 is 0. The first-order chi connectivity index (χ1) is 11.1. The Morgan fingerprint density at radius 1 is 1.35 bits per heavy atom. The summed E-state index contributed by atoms with van der Waals surface area (Å²) >= 11 is 0. The van der Waals surface area contributed by atoms with Crippen molar-refractivity contribution in [2.45, 2.75) is 19.3 Å². The largest absolute Gasteiger partial charge is 0.339 e. The Morgan fingerprint density at radius 3 is 2.61 bits per heavy atom. The van der Waals surface area contributed by atoms with Crippen molar-refractivity contribution in [3.05, 3.63) is 55.4 Å². The van der Waals surface area contributed by atoms with Crippen LogP contribution in [0.2, 0.25) is 0 Å². The Labute approximate surface area is 138 Å². The van der Waals surface area contributed by atoms with Crippen molar-refractivity contribution in [2.24, 2.45) is 17.1 Å². The maximum atomic E-state index is 12.8. The SMILES string of the molecule is C=CN(C=C)c1cccc(C(=O)N2CCC3(CC2)CC3CN)c1. The number of likely N-dealkylation sites (tertiary alicyclic amines) is 1. The van der Waals surface area contributed by atoms with Crippen molar-refractivity contribution in [1.29, 1.82) is 0 Å². The molecule has 1 atom stereocenters. The summed E-state index contributed by atoms with van der Waals surface area (Å²) in [6.45, 7) is 9.99. The fraction of sp³-hybridized carbons (Fsp3) is 0.421. The number of benzene rings is 1. The van der Waals surface area contributed by atoms with Crippen molar-refractivity contribution in [2.75, 3.05) is 24.5 Å². The van der Waals surface area contributed by atoms with Crippen LogP contribution in [0, 0.1) is 11.3 Å². The number of nitrogens with two attached hydrogens (primary N) is 1. The number of amides is 1. The Bertz CT molecular complexity index is 609. The Kier molecular flexibility index (Phi) is 4.26. The van der Waals surface area contributed by atoms with E-state index >= 15 is 0 Å². The molecule has 1 amide bonds. The zero-order valence-electron chi connectivity index (χ0n) is 13.6. The van der Waals surface area contributed by atoms with E-state index in [1.54, 1.807) is 17.3 Å². The van der Waals surface area contributed by atoms with E-state index in [1.165, 1.54) is 6.42 Å². The van der Waals surface area contributed by atoms with Gasteiger partial charge in [-0.15, -0.1) is 0 Å². The lowest BCUT2D eigenvalue weighted by Gasteiger charge is -2.33. The molecule has 1 heterocycles. The van der Waals surface area contributed by atoms with E-state index in [2.05, 4.69) is 13.2 Å². The van der Waals surface area contributed by atoms with Gasteiger partial charge in [-0.25, -0.2) is 0 Å². The van der Waals surface area contributed by atoms with Crippen molar-refractivity contribution in [1.82, 2.24) is 4.90 Å². The average Bonchev–Trinajstić information content (AvgIpc) is 3.29. The Morgan fingerprint density at radius 2 is 2.04 bits per heavy atom. The summed E-state index contributed by atoms with van der Waals surface area (Å²) in [5.74, 6) is 0.788. The Balaban J connectivity index is 1.68. The second-order valence-corrected chi connectivity index (χ2v) is 6.61. The van der Waals surface area contributed by atoms with Gasteiger partial charge in [0.05, 0.1) is 0 Å². The predicted molar refractivity (Wildman–Crippen MR) is 94.0 cm³/mol. The van der Waals surface area contributed by atoms with E-state index in [-0.39, 0.29) is 5.91 Å².